The zero-order valence-electron chi connectivity index (χ0n) is 11.2. The molecule has 1 fully saturated rings. The van der Waals surface area contributed by atoms with Gasteiger partial charge in [0.05, 0.1) is 6.10 Å². The summed E-state index contributed by atoms with van der Waals surface area (Å²) in [7, 11) is 1.76. The first kappa shape index (κ1) is 14.2. The average Bonchev–Trinajstić information content (AvgIpc) is 2.31. The lowest BCUT2D eigenvalue weighted by Crippen LogP contribution is -2.41. The second kappa shape index (κ2) is 5.80. The lowest BCUT2D eigenvalue weighted by atomic mass is 9.82. The molecule has 5 heteroatoms. The first-order chi connectivity index (χ1) is 8.95. The molecule has 0 aromatic heterocycles. The Kier molecular flexibility index (Phi) is 4.32. The van der Waals surface area contributed by atoms with Crippen molar-refractivity contribution in [2.24, 2.45) is 5.92 Å². The van der Waals surface area contributed by atoms with Crippen molar-refractivity contribution >= 4 is 23.3 Å². The zero-order valence-corrected chi connectivity index (χ0v) is 11.9. The van der Waals surface area contributed by atoms with Crippen LogP contribution in [0.15, 0.2) is 18.2 Å². The largest absolute Gasteiger partial charge is 0.393 e. The fourth-order valence-corrected chi connectivity index (χ4v) is 2.39. The molecular weight excluding hydrogens is 264 g/mol. The highest BCUT2D eigenvalue weighted by Gasteiger charge is 2.29. The van der Waals surface area contributed by atoms with Gasteiger partial charge < -0.3 is 15.3 Å². The third-order valence-corrected chi connectivity index (χ3v) is 3.92. The van der Waals surface area contributed by atoms with Gasteiger partial charge in [-0.25, -0.2) is 4.79 Å². The minimum Gasteiger partial charge on any atom is -0.393 e. The van der Waals surface area contributed by atoms with Gasteiger partial charge in [0, 0.05) is 24.3 Å². The number of nitrogens with one attached hydrogen (secondary N) is 1. The molecule has 0 radical (unpaired) electrons. The third-order valence-electron chi connectivity index (χ3n) is 3.51. The van der Waals surface area contributed by atoms with Gasteiger partial charge in [-0.15, -0.1) is 0 Å². The molecule has 1 aromatic rings. The van der Waals surface area contributed by atoms with E-state index in [2.05, 4.69) is 5.32 Å². The maximum absolute atomic E-state index is 12.0. The molecule has 2 N–H and O–H groups in total. The van der Waals surface area contributed by atoms with Crippen LogP contribution in [0.4, 0.5) is 10.5 Å². The molecule has 0 bridgehead atoms. The van der Waals surface area contributed by atoms with Crippen LogP contribution in [0.1, 0.15) is 18.4 Å². The summed E-state index contributed by atoms with van der Waals surface area (Å²) in [4.78, 5) is 13.6. The highest BCUT2D eigenvalue weighted by atomic mass is 35.5. The number of benzene rings is 1. The number of carbonyl (C=O) groups is 1. The van der Waals surface area contributed by atoms with Gasteiger partial charge in [-0.1, -0.05) is 17.7 Å². The Bertz CT molecular complexity index is 473. The van der Waals surface area contributed by atoms with E-state index in [1.54, 1.807) is 18.0 Å². The summed E-state index contributed by atoms with van der Waals surface area (Å²) >= 11 is 6.02. The van der Waals surface area contributed by atoms with E-state index in [0.717, 1.165) is 18.4 Å². The van der Waals surface area contributed by atoms with Gasteiger partial charge in [0.15, 0.2) is 0 Å². The summed E-state index contributed by atoms with van der Waals surface area (Å²) in [6, 6.07) is 5.30. The van der Waals surface area contributed by atoms with Crippen LogP contribution in [0.5, 0.6) is 0 Å². The van der Waals surface area contributed by atoms with Gasteiger partial charge in [-0.3, -0.25) is 0 Å². The SMILES string of the molecule is Cc1ccc(NC(=O)N(C)CC2CC(O)C2)cc1Cl. The first-order valence-corrected chi connectivity index (χ1v) is 6.80. The van der Waals surface area contributed by atoms with E-state index in [-0.39, 0.29) is 12.1 Å². The Hall–Kier alpha value is -1.26. The number of halogens is 1. The highest BCUT2D eigenvalue weighted by Crippen LogP contribution is 2.27. The van der Waals surface area contributed by atoms with Crippen molar-refractivity contribution < 1.29 is 9.90 Å². The Morgan fingerprint density at radius 1 is 1.53 bits per heavy atom. The van der Waals surface area contributed by atoms with Crippen molar-refractivity contribution in [3.8, 4) is 0 Å². The minimum absolute atomic E-state index is 0.152. The van der Waals surface area contributed by atoms with Crippen molar-refractivity contribution in [3.63, 3.8) is 0 Å². The van der Waals surface area contributed by atoms with Gasteiger partial charge in [-0.05, 0) is 43.4 Å². The molecule has 0 heterocycles. The van der Waals surface area contributed by atoms with Crippen LogP contribution in [-0.2, 0) is 0 Å². The van der Waals surface area contributed by atoms with Gasteiger partial charge in [-0.2, -0.15) is 0 Å². The standard InChI is InChI=1S/C14H19ClN2O2/c1-9-3-4-11(7-13(9)15)16-14(19)17(2)8-10-5-12(18)6-10/h3-4,7,10,12,18H,5-6,8H2,1-2H3,(H,16,19). The number of rotatable bonds is 3. The fourth-order valence-electron chi connectivity index (χ4n) is 2.21. The average molecular weight is 283 g/mol. The molecule has 0 aliphatic heterocycles. The number of hydrogen-bond donors (Lipinski definition) is 2. The molecule has 1 aliphatic rings. The lowest BCUT2D eigenvalue weighted by Gasteiger charge is -2.34. The Balaban J connectivity index is 1.87. The van der Waals surface area contributed by atoms with Crippen LogP contribution in [0, 0.1) is 12.8 Å². The van der Waals surface area contributed by atoms with Crippen LogP contribution in [0.25, 0.3) is 0 Å². The molecule has 2 rings (SSSR count). The fraction of sp³-hybridized carbons (Fsp3) is 0.500. The maximum atomic E-state index is 12.0. The van der Waals surface area contributed by atoms with Crippen molar-refractivity contribution in [3.05, 3.63) is 28.8 Å². The Morgan fingerprint density at radius 3 is 2.79 bits per heavy atom. The van der Waals surface area contributed by atoms with Gasteiger partial charge in [0.1, 0.15) is 0 Å². The number of nitrogens with zero attached hydrogens (tertiary/aromatic N) is 1. The number of carbonyl (C=O) groups excluding carboxylic acids is 1. The maximum Gasteiger partial charge on any atom is 0.321 e. The molecule has 1 aliphatic carbocycles. The summed E-state index contributed by atoms with van der Waals surface area (Å²) < 4.78 is 0. The number of hydrogen-bond acceptors (Lipinski definition) is 2. The predicted molar refractivity (Wildman–Crippen MR) is 76.6 cm³/mol. The van der Waals surface area contributed by atoms with Gasteiger partial charge in [0.25, 0.3) is 0 Å². The predicted octanol–water partition coefficient (Wildman–Crippen LogP) is 2.88. The van der Waals surface area contributed by atoms with Crippen molar-refractivity contribution in [1.82, 2.24) is 4.90 Å². The van der Waals surface area contributed by atoms with Crippen LogP contribution >= 0.6 is 11.6 Å². The quantitative estimate of drug-likeness (QED) is 0.896. The molecule has 0 saturated heterocycles. The molecule has 4 nitrogen and oxygen atoms in total. The van der Waals surface area contributed by atoms with Gasteiger partial charge >= 0.3 is 6.03 Å². The van der Waals surface area contributed by atoms with Crippen molar-refractivity contribution in [2.75, 3.05) is 18.9 Å². The molecule has 104 valence electrons. The summed E-state index contributed by atoms with van der Waals surface area (Å²) in [5, 5.41) is 12.7. The van der Waals surface area contributed by atoms with E-state index in [1.165, 1.54) is 0 Å². The molecule has 19 heavy (non-hydrogen) atoms. The van der Waals surface area contributed by atoms with E-state index in [4.69, 9.17) is 11.6 Å². The van der Waals surface area contributed by atoms with Crippen LogP contribution in [0.2, 0.25) is 5.02 Å². The van der Waals surface area contributed by atoms with Crippen molar-refractivity contribution in [2.45, 2.75) is 25.9 Å². The summed E-state index contributed by atoms with van der Waals surface area (Å²) in [5.74, 6) is 0.410. The van der Waals surface area contributed by atoms with Gasteiger partial charge in [0.2, 0.25) is 0 Å². The van der Waals surface area contributed by atoms with Crippen LogP contribution in [0.3, 0.4) is 0 Å². The number of amides is 2. The monoisotopic (exact) mass is 282 g/mol. The number of urea groups is 1. The number of aliphatic hydroxyl groups excluding tert-OH is 1. The number of anilines is 1. The molecule has 1 aromatic carbocycles. The molecule has 0 spiro atoms. The van der Waals surface area contributed by atoms with E-state index in [0.29, 0.717) is 23.2 Å². The smallest absolute Gasteiger partial charge is 0.321 e. The zero-order chi connectivity index (χ0) is 14.0. The molecule has 1 saturated carbocycles. The Morgan fingerprint density at radius 2 is 2.21 bits per heavy atom. The molecule has 0 atom stereocenters. The second-order valence-corrected chi connectivity index (χ2v) is 5.67. The number of aryl methyl sites for hydroxylation is 1. The molecular formula is C14H19ClN2O2. The summed E-state index contributed by atoms with van der Waals surface area (Å²) in [5.41, 5.74) is 1.68. The second-order valence-electron chi connectivity index (χ2n) is 5.27. The summed E-state index contributed by atoms with van der Waals surface area (Å²) in [6.45, 7) is 2.59. The van der Waals surface area contributed by atoms with Crippen LogP contribution in [-0.4, -0.2) is 35.7 Å². The third kappa shape index (κ3) is 3.61. The van der Waals surface area contributed by atoms with E-state index in [9.17, 15) is 9.90 Å². The molecule has 0 unspecified atom stereocenters. The van der Waals surface area contributed by atoms with Crippen molar-refractivity contribution in [1.29, 1.82) is 0 Å². The topological polar surface area (TPSA) is 52.6 Å². The summed E-state index contributed by atoms with van der Waals surface area (Å²) in [6.07, 6.45) is 1.39. The van der Waals surface area contributed by atoms with E-state index >= 15 is 0 Å². The minimum atomic E-state index is -0.183. The Labute approximate surface area is 118 Å². The number of aliphatic hydroxyl groups is 1. The van der Waals surface area contributed by atoms with E-state index < -0.39 is 0 Å². The van der Waals surface area contributed by atoms with E-state index in [1.807, 2.05) is 19.1 Å². The first-order valence-electron chi connectivity index (χ1n) is 6.42. The lowest BCUT2D eigenvalue weighted by molar-refractivity contribution is 0.0332. The molecule has 2 amide bonds. The van der Waals surface area contributed by atoms with Crippen LogP contribution < -0.4 is 5.32 Å². The normalized spacial score (nSPS) is 21.7. The highest BCUT2D eigenvalue weighted by molar-refractivity contribution is 6.31.